The van der Waals surface area contributed by atoms with Crippen molar-refractivity contribution in [2.75, 3.05) is 32.5 Å². The first kappa shape index (κ1) is 22.9. The van der Waals surface area contributed by atoms with Crippen molar-refractivity contribution in [3.8, 4) is 0 Å². The Kier molecular flexibility index (Phi) is 8.69. The molecule has 2 aromatic carbocycles. The number of fused-ring (bicyclic) bond motifs is 2. The number of pyridine rings is 1. The molecule has 0 bridgehead atoms. The normalized spacial score (nSPS) is 10.5. The van der Waals surface area contributed by atoms with Gasteiger partial charge < -0.3 is 10.2 Å². The van der Waals surface area contributed by atoms with Crippen LogP contribution in [-0.4, -0.2) is 42.0 Å². The third-order valence-corrected chi connectivity index (χ3v) is 4.22. The number of non-ortho nitro benzene ring substituents is 1. The fourth-order valence-corrected chi connectivity index (χ4v) is 3.03. The predicted molar refractivity (Wildman–Crippen MR) is 117 cm³/mol. The number of nitro groups is 1. The van der Waals surface area contributed by atoms with Crippen molar-refractivity contribution in [1.29, 1.82) is 0 Å². The van der Waals surface area contributed by atoms with Crippen LogP contribution in [0.15, 0.2) is 42.5 Å². The fourth-order valence-electron chi connectivity index (χ4n) is 3.03. The number of halogens is 2. The van der Waals surface area contributed by atoms with E-state index in [1.54, 1.807) is 6.07 Å². The van der Waals surface area contributed by atoms with E-state index >= 15 is 0 Å². The zero-order valence-electron chi connectivity index (χ0n) is 15.3. The standard InChI is InChI=1S/C19H22N4O2.2ClH/c1-22(2)13-6-5-12-20-19-14-8-3-4-9-15(14)21-16-10-7-11-17(18(16)19)23(24)25;;/h3-4,7-11H,5-6,12-13H2,1-2H3,(H,20,21);2*1H. The molecule has 0 saturated carbocycles. The topological polar surface area (TPSA) is 71.3 Å². The van der Waals surface area contributed by atoms with Gasteiger partial charge in [0.1, 0.15) is 5.39 Å². The van der Waals surface area contributed by atoms with Gasteiger partial charge in [-0.3, -0.25) is 10.1 Å². The van der Waals surface area contributed by atoms with Crippen molar-refractivity contribution >= 4 is 58.0 Å². The van der Waals surface area contributed by atoms with E-state index < -0.39 is 0 Å². The van der Waals surface area contributed by atoms with Gasteiger partial charge >= 0.3 is 0 Å². The molecule has 3 aromatic rings. The Hall–Kier alpha value is -2.15. The molecule has 3 rings (SSSR count). The number of unbranched alkanes of at least 4 members (excludes halogenated alkanes) is 1. The van der Waals surface area contributed by atoms with Gasteiger partial charge in [0.25, 0.3) is 5.69 Å². The highest BCUT2D eigenvalue weighted by Gasteiger charge is 2.18. The molecule has 1 N–H and O–H groups in total. The molecule has 0 saturated heterocycles. The fraction of sp³-hybridized carbons (Fsp3) is 0.316. The molecule has 27 heavy (non-hydrogen) atoms. The summed E-state index contributed by atoms with van der Waals surface area (Å²) in [6.45, 7) is 1.79. The third-order valence-electron chi connectivity index (χ3n) is 4.22. The summed E-state index contributed by atoms with van der Waals surface area (Å²) in [6, 6.07) is 12.8. The Bertz CT molecular complexity index is 919. The second-order valence-corrected chi connectivity index (χ2v) is 6.37. The number of aromatic nitrogens is 1. The molecule has 0 aliphatic heterocycles. The highest BCUT2D eigenvalue weighted by atomic mass is 35.5. The second-order valence-electron chi connectivity index (χ2n) is 6.37. The predicted octanol–water partition coefficient (Wildman–Crippen LogP) is 4.89. The molecule has 0 aliphatic rings. The summed E-state index contributed by atoms with van der Waals surface area (Å²) in [5, 5.41) is 16.4. The lowest BCUT2D eigenvalue weighted by Crippen LogP contribution is -2.14. The van der Waals surface area contributed by atoms with E-state index in [1.165, 1.54) is 6.07 Å². The molecule has 6 nitrogen and oxygen atoms in total. The van der Waals surface area contributed by atoms with Crippen LogP contribution in [0.5, 0.6) is 0 Å². The Morgan fingerprint density at radius 1 is 1.04 bits per heavy atom. The van der Waals surface area contributed by atoms with Crippen LogP contribution < -0.4 is 5.32 Å². The monoisotopic (exact) mass is 410 g/mol. The molecular weight excluding hydrogens is 387 g/mol. The lowest BCUT2D eigenvalue weighted by atomic mass is 10.1. The van der Waals surface area contributed by atoms with E-state index in [0.717, 1.165) is 42.5 Å². The average Bonchev–Trinajstić information content (AvgIpc) is 2.59. The number of nitro benzene ring substituents is 1. The number of hydrogen-bond acceptors (Lipinski definition) is 5. The Labute approximate surface area is 170 Å². The van der Waals surface area contributed by atoms with Crippen molar-refractivity contribution < 1.29 is 4.92 Å². The molecule has 0 unspecified atom stereocenters. The van der Waals surface area contributed by atoms with Gasteiger partial charge in [-0.2, -0.15) is 0 Å². The van der Waals surface area contributed by atoms with E-state index in [4.69, 9.17) is 0 Å². The lowest BCUT2D eigenvalue weighted by Gasteiger charge is -2.14. The van der Waals surface area contributed by atoms with Crippen molar-refractivity contribution in [3.63, 3.8) is 0 Å². The maximum absolute atomic E-state index is 11.5. The van der Waals surface area contributed by atoms with Gasteiger partial charge in [-0.1, -0.05) is 24.3 Å². The summed E-state index contributed by atoms with van der Waals surface area (Å²) < 4.78 is 0. The van der Waals surface area contributed by atoms with Crippen LogP contribution in [-0.2, 0) is 0 Å². The molecule has 1 heterocycles. The lowest BCUT2D eigenvalue weighted by molar-refractivity contribution is -0.383. The first-order valence-electron chi connectivity index (χ1n) is 8.42. The summed E-state index contributed by atoms with van der Waals surface area (Å²) in [7, 11) is 4.11. The highest BCUT2D eigenvalue weighted by Crippen LogP contribution is 2.36. The number of para-hydroxylation sites is 1. The van der Waals surface area contributed by atoms with Gasteiger partial charge in [-0.05, 0) is 45.6 Å². The molecule has 146 valence electrons. The van der Waals surface area contributed by atoms with E-state index in [0.29, 0.717) is 10.9 Å². The van der Waals surface area contributed by atoms with E-state index in [9.17, 15) is 10.1 Å². The second kappa shape index (κ2) is 10.3. The zero-order valence-corrected chi connectivity index (χ0v) is 17.0. The minimum absolute atomic E-state index is 0. The Balaban J connectivity index is 0.00000182. The summed E-state index contributed by atoms with van der Waals surface area (Å²) in [5.74, 6) is 0. The average molecular weight is 411 g/mol. The van der Waals surface area contributed by atoms with Crippen LogP contribution in [0, 0.1) is 10.1 Å². The van der Waals surface area contributed by atoms with E-state index in [1.807, 2.05) is 30.3 Å². The van der Waals surface area contributed by atoms with Crippen molar-refractivity contribution in [3.05, 3.63) is 52.6 Å². The largest absolute Gasteiger partial charge is 0.384 e. The minimum atomic E-state index is -0.337. The van der Waals surface area contributed by atoms with Crippen LogP contribution in [0.3, 0.4) is 0 Å². The zero-order chi connectivity index (χ0) is 17.8. The van der Waals surface area contributed by atoms with E-state index in [-0.39, 0.29) is 35.4 Å². The SMILES string of the molecule is CN(C)CCCCNc1c2ccccc2nc2cccc([N+](=O)[O-])c12.Cl.Cl. The summed E-state index contributed by atoms with van der Waals surface area (Å²) in [5.41, 5.74) is 2.37. The van der Waals surface area contributed by atoms with Crippen molar-refractivity contribution in [1.82, 2.24) is 9.88 Å². The number of benzene rings is 2. The number of nitrogens with one attached hydrogen (secondary N) is 1. The number of rotatable bonds is 7. The highest BCUT2D eigenvalue weighted by molar-refractivity contribution is 6.11. The minimum Gasteiger partial charge on any atom is -0.384 e. The molecule has 1 aromatic heterocycles. The molecular formula is C19H24Cl2N4O2. The Morgan fingerprint density at radius 2 is 1.74 bits per heavy atom. The van der Waals surface area contributed by atoms with Crippen molar-refractivity contribution in [2.24, 2.45) is 0 Å². The van der Waals surface area contributed by atoms with Gasteiger partial charge in [-0.15, -0.1) is 24.8 Å². The quantitative estimate of drug-likeness (QED) is 0.259. The van der Waals surface area contributed by atoms with E-state index in [2.05, 4.69) is 29.3 Å². The number of hydrogen-bond donors (Lipinski definition) is 1. The maximum atomic E-state index is 11.5. The smallest absolute Gasteiger partial charge is 0.280 e. The summed E-state index contributed by atoms with van der Waals surface area (Å²) >= 11 is 0. The van der Waals surface area contributed by atoms with Gasteiger partial charge in [0.2, 0.25) is 0 Å². The number of anilines is 1. The number of nitrogens with zero attached hydrogens (tertiary/aromatic N) is 3. The van der Waals surface area contributed by atoms with Gasteiger partial charge in [0, 0.05) is 18.0 Å². The van der Waals surface area contributed by atoms with Gasteiger partial charge in [0.15, 0.2) is 0 Å². The van der Waals surface area contributed by atoms with Crippen LogP contribution in [0.25, 0.3) is 21.8 Å². The molecule has 0 spiro atoms. The van der Waals surface area contributed by atoms with Gasteiger partial charge in [0.05, 0.1) is 21.6 Å². The molecule has 0 atom stereocenters. The first-order chi connectivity index (χ1) is 12.1. The molecule has 8 heteroatoms. The summed E-state index contributed by atoms with van der Waals surface area (Å²) in [6.07, 6.45) is 2.07. The third kappa shape index (κ3) is 5.19. The van der Waals surface area contributed by atoms with Crippen LogP contribution >= 0.6 is 24.8 Å². The molecule has 0 amide bonds. The van der Waals surface area contributed by atoms with Gasteiger partial charge in [-0.25, -0.2) is 4.98 Å². The maximum Gasteiger partial charge on any atom is 0.280 e. The van der Waals surface area contributed by atoms with Crippen LogP contribution in [0.4, 0.5) is 11.4 Å². The molecule has 0 fully saturated rings. The summed E-state index contributed by atoms with van der Waals surface area (Å²) in [4.78, 5) is 17.9. The molecule has 0 radical (unpaired) electrons. The van der Waals surface area contributed by atoms with Crippen LogP contribution in [0.1, 0.15) is 12.8 Å². The Morgan fingerprint density at radius 3 is 2.44 bits per heavy atom. The molecule has 0 aliphatic carbocycles. The van der Waals surface area contributed by atoms with Crippen molar-refractivity contribution in [2.45, 2.75) is 12.8 Å². The van der Waals surface area contributed by atoms with Crippen LogP contribution in [0.2, 0.25) is 0 Å². The first-order valence-corrected chi connectivity index (χ1v) is 8.42.